The van der Waals surface area contributed by atoms with Gasteiger partial charge in [0.25, 0.3) is 0 Å². The first-order valence-electron chi connectivity index (χ1n) is 7.08. The molecule has 1 N–H and O–H groups in total. The number of rotatable bonds is 7. The van der Waals surface area contributed by atoms with Crippen molar-refractivity contribution in [2.75, 3.05) is 20.3 Å². The summed E-state index contributed by atoms with van der Waals surface area (Å²) in [6.45, 7) is 7.89. The van der Waals surface area contributed by atoms with Crippen LogP contribution in [0, 0.1) is 5.92 Å². The molecule has 0 aliphatic carbocycles. The molecule has 2 aromatic rings. The molecule has 20 heavy (non-hydrogen) atoms. The predicted molar refractivity (Wildman–Crippen MR) is 85.4 cm³/mol. The highest BCUT2D eigenvalue weighted by molar-refractivity contribution is 6.31. The van der Waals surface area contributed by atoms with Gasteiger partial charge in [-0.3, -0.25) is 0 Å². The van der Waals surface area contributed by atoms with Gasteiger partial charge in [0.2, 0.25) is 0 Å². The lowest BCUT2D eigenvalue weighted by Gasteiger charge is -2.06. The van der Waals surface area contributed by atoms with Gasteiger partial charge in [-0.2, -0.15) is 0 Å². The molecule has 0 aliphatic rings. The number of nitrogens with zero attached hydrogens (tertiary/aromatic N) is 1. The highest BCUT2D eigenvalue weighted by atomic mass is 35.5. The summed E-state index contributed by atoms with van der Waals surface area (Å²) >= 11 is 6.12. The van der Waals surface area contributed by atoms with E-state index in [-0.39, 0.29) is 0 Å². The summed E-state index contributed by atoms with van der Waals surface area (Å²) in [6, 6.07) is 6.09. The van der Waals surface area contributed by atoms with Crippen LogP contribution in [0.2, 0.25) is 5.02 Å². The van der Waals surface area contributed by atoms with E-state index in [9.17, 15) is 0 Å². The van der Waals surface area contributed by atoms with E-state index in [0.29, 0.717) is 12.5 Å². The number of benzene rings is 1. The number of halogens is 1. The Morgan fingerprint density at radius 3 is 2.85 bits per heavy atom. The zero-order chi connectivity index (χ0) is 14.5. The lowest BCUT2D eigenvalue weighted by molar-refractivity contribution is 0.188. The molecule has 0 saturated heterocycles. The molecular formula is C16H23ClN2O. The third-order valence-corrected chi connectivity index (χ3v) is 3.57. The van der Waals surface area contributed by atoms with Crippen LogP contribution in [0.5, 0.6) is 0 Å². The smallest absolute Gasteiger partial charge is 0.0641 e. The van der Waals surface area contributed by atoms with Gasteiger partial charge in [-0.25, -0.2) is 0 Å². The molecule has 0 unspecified atom stereocenters. The minimum Gasteiger partial charge on any atom is -0.383 e. The van der Waals surface area contributed by atoms with E-state index in [1.54, 1.807) is 7.11 Å². The van der Waals surface area contributed by atoms with Crippen molar-refractivity contribution in [1.82, 2.24) is 9.88 Å². The van der Waals surface area contributed by atoms with Crippen LogP contribution in [0.15, 0.2) is 24.4 Å². The predicted octanol–water partition coefficient (Wildman–Crippen LogP) is 3.69. The van der Waals surface area contributed by atoms with Crippen LogP contribution < -0.4 is 5.32 Å². The Bertz CT molecular complexity index is 563. The average molecular weight is 295 g/mol. The highest BCUT2D eigenvalue weighted by Crippen LogP contribution is 2.25. The normalized spacial score (nSPS) is 11.7. The number of nitrogens with one attached hydrogen (secondary N) is 1. The maximum atomic E-state index is 6.12. The van der Waals surface area contributed by atoms with Gasteiger partial charge in [0, 0.05) is 42.3 Å². The van der Waals surface area contributed by atoms with Crippen LogP contribution in [0.1, 0.15) is 19.4 Å². The van der Waals surface area contributed by atoms with Crippen molar-refractivity contribution >= 4 is 22.5 Å². The van der Waals surface area contributed by atoms with Crippen LogP contribution in [-0.2, 0) is 17.8 Å². The van der Waals surface area contributed by atoms with E-state index in [0.717, 1.165) is 24.7 Å². The number of methoxy groups -OCH3 is 1. The lowest BCUT2D eigenvalue weighted by atomic mass is 10.1. The third kappa shape index (κ3) is 3.75. The van der Waals surface area contributed by atoms with E-state index in [1.807, 2.05) is 12.1 Å². The Labute approximate surface area is 125 Å². The number of ether oxygens (including phenoxy) is 1. The number of hydrogen-bond donors (Lipinski definition) is 1. The van der Waals surface area contributed by atoms with E-state index in [4.69, 9.17) is 16.3 Å². The molecule has 0 spiro atoms. The van der Waals surface area contributed by atoms with Crippen molar-refractivity contribution in [2.24, 2.45) is 5.92 Å². The quantitative estimate of drug-likeness (QED) is 0.843. The molecule has 1 aromatic carbocycles. The Kier molecular flexibility index (Phi) is 5.46. The van der Waals surface area contributed by atoms with Crippen LogP contribution in [0.4, 0.5) is 0 Å². The van der Waals surface area contributed by atoms with Crippen molar-refractivity contribution < 1.29 is 4.74 Å². The Hall–Kier alpha value is -1.03. The molecule has 2 rings (SSSR count). The summed E-state index contributed by atoms with van der Waals surface area (Å²) in [5, 5.41) is 5.54. The van der Waals surface area contributed by atoms with Gasteiger partial charge in [0.05, 0.1) is 6.61 Å². The van der Waals surface area contributed by atoms with Crippen molar-refractivity contribution in [3.8, 4) is 0 Å². The van der Waals surface area contributed by atoms with E-state index >= 15 is 0 Å². The summed E-state index contributed by atoms with van der Waals surface area (Å²) in [6.07, 6.45) is 2.20. The minimum absolute atomic E-state index is 0.659. The van der Waals surface area contributed by atoms with E-state index in [2.05, 4.69) is 36.0 Å². The van der Waals surface area contributed by atoms with Gasteiger partial charge in [-0.05, 0) is 30.2 Å². The monoisotopic (exact) mass is 294 g/mol. The third-order valence-electron chi connectivity index (χ3n) is 3.33. The molecule has 0 radical (unpaired) electrons. The maximum Gasteiger partial charge on any atom is 0.0641 e. The van der Waals surface area contributed by atoms with E-state index in [1.165, 1.54) is 16.5 Å². The average Bonchev–Trinajstić information content (AvgIpc) is 2.73. The zero-order valence-corrected chi connectivity index (χ0v) is 13.2. The van der Waals surface area contributed by atoms with Crippen molar-refractivity contribution in [3.63, 3.8) is 0 Å². The van der Waals surface area contributed by atoms with Crippen LogP contribution in [-0.4, -0.2) is 24.8 Å². The first-order valence-corrected chi connectivity index (χ1v) is 7.46. The van der Waals surface area contributed by atoms with Gasteiger partial charge in [-0.1, -0.05) is 31.5 Å². The lowest BCUT2D eigenvalue weighted by Crippen LogP contribution is -2.18. The number of fused-ring (bicyclic) bond motifs is 1. The molecule has 0 saturated carbocycles. The molecule has 1 heterocycles. The fourth-order valence-corrected chi connectivity index (χ4v) is 2.52. The van der Waals surface area contributed by atoms with Gasteiger partial charge in [0.1, 0.15) is 0 Å². The van der Waals surface area contributed by atoms with Gasteiger partial charge in [-0.15, -0.1) is 0 Å². The number of hydrogen-bond acceptors (Lipinski definition) is 2. The SMILES string of the molecule is COCCn1cc(CNCC(C)C)c2ccc(Cl)cc21. The Morgan fingerprint density at radius 1 is 1.35 bits per heavy atom. The molecular weight excluding hydrogens is 272 g/mol. The second-order valence-corrected chi connectivity index (χ2v) is 5.96. The molecule has 0 bridgehead atoms. The molecule has 1 aromatic heterocycles. The molecule has 0 aliphatic heterocycles. The standard InChI is InChI=1S/C16H23ClN2O/c1-12(2)9-18-10-13-11-19(6-7-20-3)16-8-14(17)4-5-15(13)16/h4-5,8,11-12,18H,6-7,9-10H2,1-3H3. The summed E-state index contributed by atoms with van der Waals surface area (Å²) in [5.41, 5.74) is 2.49. The van der Waals surface area contributed by atoms with Crippen LogP contribution in [0.3, 0.4) is 0 Å². The molecule has 0 amide bonds. The maximum absolute atomic E-state index is 6.12. The summed E-state index contributed by atoms with van der Waals surface area (Å²) in [4.78, 5) is 0. The Balaban J connectivity index is 2.24. The molecule has 4 heteroatoms. The summed E-state index contributed by atoms with van der Waals surface area (Å²) in [5.74, 6) is 0.659. The fourth-order valence-electron chi connectivity index (χ4n) is 2.35. The van der Waals surface area contributed by atoms with Crippen molar-refractivity contribution in [1.29, 1.82) is 0 Å². The van der Waals surface area contributed by atoms with Crippen LogP contribution >= 0.6 is 11.6 Å². The van der Waals surface area contributed by atoms with Crippen LogP contribution in [0.25, 0.3) is 10.9 Å². The first-order chi connectivity index (χ1) is 9.61. The summed E-state index contributed by atoms with van der Waals surface area (Å²) < 4.78 is 7.40. The van der Waals surface area contributed by atoms with Gasteiger partial charge >= 0.3 is 0 Å². The van der Waals surface area contributed by atoms with Crippen molar-refractivity contribution in [3.05, 3.63) is 35.0 Å². The molecule has 0 fully saturated rings. The highest BCUT2D eigenvalue weighted by Gasteiger charge is 2.09. The second-order valence-electron chi connectivity index (χ2n) is 5.53. The minimum atomic E-state index is 0.659. The largest absolute Gasteiger partial charge is 0.383 e. The zero-order valence-electron chi connectivity index (χ0n) is 12.4. The summed E-state index contributed by atoms with van der Waals surface area (Å²) in [7, 11) is 1.73. The van der Waals surface area contributed by atoms with Gasteiger partial charge < -0.3 is 14.6 Å². The Morgan fingerprint density at radius 2 is 2.15 bits per heavy atom. The second kappa shape index (κ2) is 7.11. The molecule has 3 nitrogen and oxygen atoms in total. The molecule has 0 atom stereocenters. The first kappa shape index (κ1) is 15.4. The topological polar surface area (TPSA) is 26.2 Å². The van der Waals surface area contributed by atoms with Crippen molar-refractivity contribution in [2.45, 2.75) is 26.9 Å². The van der Waals surface area contributed by atoms with Gasteiger partial charge in [0.15, 0.2) is 0 Å². The molecule has 110 valence electrons. The fraction of sp³-hybridized carbons (Fsp3) is 0.500. The van der Waals surface area contributed by atoms with E-state index < -0.39 is 0 Å². The number of aromatic nitrogens is 1.